The van der Waals surface area contributed by atoms with Crippen molar-refractivity contribution >= 4 is 22.4 Å². The van der Waals surface area contributed by atoms with Crippen molar-refractivity contribution in [3.63, 3.8) is 0 Å². The molecule has 2 aromatic rings. The standard InChI is InChI=1S/C29H42N4O4S/c1-21-9-8-14-33(18-21)38(35,36)32-28-17-26(16-27(31-28)29-22(2)10-7-11-23(29)3)37-19-25(30-20-34)15-24-12-5-4-6-13-24/h7,10-11,16-17,20-21,24-25H,4-6,8-9,12-15,18-19H2,1-3H3,(H,30,34)(H,31,32)/t21?,25-/m1/s1. The number of nitrogens with zero attached hydrogens (tertiary/aromatic N) is 2. The van der Waals surface area contributed by atoms with Crippen LogP contribution >= 0.6 is 0 Å². The number of aromatic nitrogens is 1. The number of amides is 1. The molecule has 2 aliphatic rings. The van der Waals surface area contributed by atoms with E-state index >= 15 is 0 Å². The number of anilines is 1. The molecule has 2 fully saturated rings. The van der Waals surface area contributed by atoms with Gasteiger partial charge in [0, 0.05) is 30.8 Å². The van der Waals surface area contributed by atoms with Gasteiger partial charge >= 0.3 is 10.2 Å². The second kappa shape index (κ2) is 12.9. The highest BCUT2D eigenvalue weighted by Gasteiger charge is 2.28. The van der Waals surface area contributed by atoms with Gasteiger partial charge in [0.25, 0.3) is 0 Å². The summed E-state index contributed by atoms with van der Waals surface area (Å²) in [4.78, 5) is 16.0. The maximum absolute atomic E-state index is 13.3. The summed E-state index contributed by atoms with van der Waals surface area (Å²) in [7, 11) is -3.76. The minimum Gasteiger partial charge on any atom is -0.491 e. The highest BCUT2D eigenvalue weighted by molar-refractivity contribution is 7.90. The summed E-state index contributed by atoms with van der Waals surface area (Å²) in [5.74, 6) is 1.65. The Hall–Kier alpha value is -2.65. The van der Waals surface area contributed by atoms with Gasteiger partial charge in [-0.3, -0.25) is 9.52 Å². The summed E-state index contributed by atoms with van der Waals surface area (Å²) < 4.78 is 36.9. The van der Waals surface area contributed by atoms with E-state index in [4.69, 9.17) is 9.72 Å². The molecule has 208 valence electrons. The van der Waals surface area contributed by atoms with Crippen LogP contribution in [0, 0.1) is 25.7 Å². The number of hydrogen-bond donors (Lipinski definition) is 2. The number of aryl methyl sites for hydroxylation is 2. The van der Waals surface area contributed by atoms with Crippen molar-refractivity contribution < 1.29 is 17.9 Å². The maximum atomic E-state index is 13.3. The maximum Gasteiger partial charge on any atom is 0.302 e. The third-order valence-electron chi connectivity index (χ3n) is 7.83. The van der Waals surface area contributed by atoms with Crippen LogP contribution in [0.4, 0.5) is 5.82 Å². The van der Waals surface area contributed by atoms with Crippen molar-refractivity contribution in [2.45, 2.75) is 78.2 Å². The molecule has 4 rings (SSSR count). The highest BCUT2D eigenvalue weighted by atomic mass is 32.2. The Morgan fingerprint density at radius 3 is 2.53 bits per heavy atom. The Balaban J connectivity index is 1.59. The number of carbonyl (C=O) groups excluding carboxylic acids is 1. The minimum absolute atomic E-state index is 0.109. The molecule has 0 spiro atoms. The lowest BCUT2D eigenvalue weighted by molar-refractivity contribution is -0.110. The first-order valence-corrected chi connectivity index (χ1v) is 15.4. The van der Waals surface area contributed by atoms with Crippen LogP contribution in [-0.4, -0.2) is 49.9 Å². The average molecular weight is 543 g/mol. The molecule has 1 saturated heterocycles. The Kier molecular flexibility index (Phi) is 9.65. The Morgan fingerprint density at radius 2 is 1.84 bits per heavy atom. The first-order chi connectivity index (χ1) is 18.2. The molecule has 1 unspecified atom stereocenters. The molecule has 38 heavy (non-hydrogen) atoms. The first kappa shape index (κ1) is 28.4. The Bertz CT molecular complexity index is 1180. The van der Waals surface area contributed by atoms with E-state index in [0.717, 1.165) is 42.4 Å². The molecular formula is C29H42N4O4S. The van der Waals surface area contributed by atoms with Crippen molar-refractivity contribution in [3.8, 4) is 17.0 Å². The molecule has 9 heteroatoms. The van der Waals surface area contributed by atoms with Crippen LogP contribution in [-0.2, 0) is 15.0 Å². The number of hydrogen-bond acceptors (Lipinski definition) is 5. The van der Waals surface area contributed by atoms with Gasteiger partial charge in [-0.05, 0) is 56.1 Å². The van der Waals surface area contributed by atoms with Crippen LogP contribution in [0.15, 0.2) is 30.3 Å². The number of rotatable bonds is 11. The van der Waals surface area contributed by atoms with Crippen LogP contribution in [0.5, 0.6) is 5.75 Å². The van der Waals surface area contributed by atoms with Crippen LogP contribution in [0.25, 0.3) is 11.3 Å². The largest absolute Gasteiger partial charge is 0.491 e. The van der Waals surface area contributed by atoms with Gasteiger partial charge in [-0.15, -0.1) is 0 Å². The summed E-state index contributed by atoms with van der Waals surface area (Å²) >= 11 is 0. The molecule has 1 amide bonds. The quantitative estimate of drug-likeness (QED) is 0.379. The zero-order valence-electron chi connectivity index (χ0n) is 22.9. The number of ether oxygens (including phenoxy) is 1. The molecule has 2 heterocycles. The lowest BCUT2D eigenvalue weighted by Crippen LogP contribution is -2.42. The van der Waals surface area contributed by atoms with E-state index < -0.39 is 10.2 Å². The van der Waals surface area contributed by atoms with Gasteiger partial charge < -0.3 is 10.1 Å². The van der Waals surface area contributed by atoms with Gasteiger partial charge in [-0.25, -0.2) is 4.98 Å². The van der Waals surface area contributed by atoms with Gasteiger partial charge in [-0.1, -0.05) is 57.2 Å². The fourth-order valence-corrected chi connectivity index (χ4v) is 7.17. The summed E-state index contributed by atoms with van der Waals surface area (Å²) in [6, 6.07) is 9.42. The predicted octanol–water partition coefficient (Wildman–Crippen LogP) is 5.22. The molecule has 8 nitrogen and oxygen atoms in total. The van der Waals surface area contributed by atoms with Crippen LogP contribution < -0.4 is 14.8 Å². The highest BCUT2D eigenvalue weighted by Crippen LogP contribution is 2.32. The molecule has 2 N–H and O–H groups in total. The summed E-state index contributed by atoms with van der Waals surface area (Å²) in [5, 5.41) is 2.93. The average Bonchev–Trinajstić information content (AvgIpc) is 2.88. The van der Waals surface area contributed by atoms with Gasteiger partial charge in [0.05, 0.1) is 11.7 Å². The Labute approximate surface area is 227 Å². The van der Waals surface area contributed by atoms with Gasteiger partial charge in [0.15, 0.2) is 0 Å². The smallest absolute Gasteiger partial charge is 0.302 e. The predicted molar refractivity (Wildman–Crippen MR) is 151 cm³/mol. The van der Waals surface area contributed by atoms with Crippen molar-refractivity contribution in [1.29, 1.82) is 0 Å². The summed E-state index contributed by atoms with van der Waals surface area (Å²) in [6.45, 7) is 7.41. The molecule has 1 aromatic heterocycles. The molecule has 1 saturated carbocycles. The van der Waals surface area contributed by atoms with Crippen LogP contribution in [0.2, 0.25) is 0 Å². The van der Waals surface area contributed by atoms with Gasteiger partial charge in [0.1, 0.15) is 18.2 Å². The van der Waals surface area contributed by atoms with E-state index in [1.807, 2.05) is 38.1 Å². The van der Waals surface area contributed by atoms with Gasteiger partial charge in [-0.2, -0.15) is 12.7 Å². The Morgan fingerprint density at radius 1 is 1.11 bits per heavy atom. The third-order valence-corrected chi connectivity index (χ3v) is 9.31. The first-order valence-electron chi connectivity index (χ1n) is 13.9. The zero-order valence-corrected chi connectivity index (χ0v) is 23.7. The van der Waals surface area contributed by atoms with E-state index in [-0.39, 0.29) is 11.9 Å². The minimum atomic E-state index is -3.76. The van der Waals surface area contributed by atoms with Crippen LogP contribution in [0.3, 0.4) is 0 Å². The van der Waals surface area contributed by atoms with E-state index in [1.54, 1.807) is 6.07 Å². The molecular weight excluding hydrogens is 500 g/mol. The molecule has 1 aromatic carbocycles. The number of nitrogens with one attached hydrogen (secondary N) is 2. The number of pyridine rings is 1. The second-order valence-corrected chi connectivity index (χ2v) is 12.8. The lowest BCUT2D eigenvalue weighted by atomic mass is 9.85. The number of carbonyl (C=O) groups is 1. The number of benzene rings is 1. The monoisotopic (exact) mass is 542 g/mol. The fourth-order valence-electron chi connectivity index (χ4n) is 5.85. The molecule has 1 aliphatic heterocycles. The topological polar surface area (TPSA) is 101 Å². The van der Waals surface area contributed by atoms with E-state index in [1.165, 1.54) is 36.4 Å². The van der Waals surface area contributed by atoms with Gasteiger partial charge in [0.2, 0.25) is 6.41 Å². The molecule has 2 atom stereocenters. The van der Waals surface area contributed by atoms with Crippen molar-refractivity contribution in [1.82, 2.24) is 14.6 Å². The van der Waals surface area contributed by atoms with Crippen molar-refractivity contribution in [2.75, 3.05) is 24.4 Å². The van der Waals surface area contributed by atoms with E-state index in [9.17, 15) is 13.2 Å². The van der Waals surface area contributed by atoms with E-state index in [2.05, 4.69) is 17.0 Å². The normalized spacial score (nSPS) is 20.0. The molecule has 0 bridgehead atoms. The second-order valence-electron chi connectivity index (χ2n) is 11.1. The fraction of sp³-hybridized carbons (Fsp3) is 0.586. The summed E-state index contributed by atoms with van der Waals surface area (Å²) in [6.07, 6.45) is 9.62. The molecule has 1 aliphatic carbocycles. The number of piperidine rings is 1. The molecule has 0 radical (unpaired) electrons. The van der Waals surface area contributed by atoms with Crippen molar-refractivity contribution in [2.24, 2.45) is 11.8 Å². The third kappa shape index (κ3) is 7.47. The van der Waals surface area contributed by atoms with E-state index in [0.29, 0.717) is 43.0 Å². The van der Waals surface area contributed by atoms with Crippen molar-refractivity contribution in [3.05, 3.63) is 41.5 Å². The SMILES string of the molecule is Cc1cccc(C)c1-c1cc(OC[C@@H](CC2CCCCC2)NC=O)cc(NS(=O)(=O)N2CCCC(C)C2)n1. The zero-order chi connectivity index (χ0) is 27.1. The summed E-state index contributed by atoms with van der Waals surface area (Å²) in [5.41, 5.74) is 3.70. The lowest BCUT2D eigenvalue weighted by Gasteiger charge is -2.30. The van der Waals surface area contributed by atoms with Crippen LogP contribution in [0.1, 0.15) is 69.4 Å².